The number of benzene rings is 2. The average molecular weight is 364 g/mol. The summed E-state index contributed by atoms with van der Waals surface area (Å²) in [4.78, 5) is 15.1. The lowest BCUT2D eigenvalue weighted by Crippen LogP contribution is -2.48. The lowest BCUT2D eigenvalue weighted by Gasteiger charge is -2.35. The SMILES string of the molecule is Cc1ccccc1CN1CCOC[C@H]1CC(=O)NC1Cc2ccccc2C1. The average Bonchev–Trinajstić information content (AvgIpc) is 3.07. The van der Waals surface area contributed by atoms with Crippen LogP contribution in [0.4, 0.5) is 0 Å². The Morgan fingerprint density at radius 2 is 1.81 bits per heavy atom. The molecule has 142 valence electrons. The van der Waals surface area contributed by atoms with Crippen LogP contribution in [0.2, 0.25) is 0 Å². The number of hydrogen-bond acceptors (Lipinski definition) is 3. The molecule has 1 saturated heterocycles. The van der Waals surface area contributed by atoms with Gasteiger partial charge in [0.15, 0.2) is 0 Å². The molecule has 2 aliphatic rings. The molecule has 0 saturated carbocycles. The first kappa shape index (κ1) is 18.2. The highest BCUT2D eigenvalue weighted by Crippen LogP contribution is 2.22. The van der Waals surface area contributed by atoms with E-state index >= 15 is 0 Å². The number of aryl methyl sites for hydroxylation is 1. The van der Waals surface area contributed by atoms with Crippen molar-refractivity contribution >= 4 is 5.91 Å². The molecule has 0 unspecified atom stereocenters. The van der Waals surface area contributed by atoms with Crippen molar-refractivity contribution in [3.05, 3.63) is 70.8 Å². The van der Waals surface area contributed by atoms with E-state index in [9.17, 15) is 4.79 Å². The summed E-state index contributed by atoms with van der Waals surface area (Å²) in [6.45, 7) is 5.27. The smallest absolute Gasteiger partial charge is 0.221 e. The third kappa shape index (κ3) is 4.40. The Morgan fingerprint density at radius 3 is 2.56 bits per heavy atom. The lowest BCUT2D eigenvalue weighted by molar-refractivity contribution is -0.125. The summed E-state index contributed by atoms with van der Waals surface area (Å²) >= 11 is 0. The normalized spacial score (nSPS) is 20.4. The number of ether oxygens (including phenoxy) is 1. The van der Waals surface area contributed by atoms with Crippen molar-refractivity contribution in [1.29, 1.82) is 0 Å². The minimum absolute atomic E-state index is 0.137. The van der Waals surface area contributed by atoms with E-state index in [1.807, 2.05) is 0 Å². The molecular formula is C23H28N2O2. The Bertz CT molecular complexity index is 779. The first-order valence-corrected chi connectivity index (χ1v) is 9.91. The summed E-state index contributed by atoms with van der Waals surface area (Å²) in [5.74, 6) is 0.137. The van der Waals surface area contributed by atoms with Crippen LogP contribution in [0.5, 0.6) is 0 Å². The van der Waals surface area contributed by atoms with E-state index in [4.69, 9.17) is 4.74 Å². The first-order chi connectivity index (χ1) is 13.2. The second-order valence-electron chi connectivity index (χ2n) is 7.77. The Morgan fingerprint density at radius 1 is 1.11 bits per heavy atom. The Labute approximate surface area is 161 Å². The van der Waals surface area contributed by atoms with E-state index < -0.39 is 0 Å². The fourth-order valence-electron chi connectivity index (χ4n) is 4.25. The van der Waals surface area contributed by atoms with Crippen molar-refractivity contribution in [2.75, 3.05) is 19.8 Å². The summed E-state index contributed by atoms with van der Waals surface area (Å²) in [6.07, 6.45) is 2.38. The third-order valence-electron chi connectivity index (χ3n) is 5.82. The van der Waals surface area contributed by atoms with Gasteiger partial charge < -0.3 is 10.1 Å². The molecule has 1 atom stereocenters. The van der Waals surface area contributed by atoms with Crippen LogP contribution in [0.3, 0.4) is 0 Å². The molecule has 0 aromatic heterocycles. The zero-order chi connectivity index (χ0) is 18.6. The van der Waals surface area contributed by atoms with Gasteiger partial charge in [-0.2, -0.15) is 0 Å². The molecule has 4 heteroatoms. The number of rotatable bonds is 5. The second kappa shape index (κ2) is 8.24. The minimum Gasteiger partial charge on any atom is -0.378 e. The van der Waals surface area contributed by atoms with E-state index in [-0.39, 0.29) is 18.0 Å². The van der Waals surface area contributed by atoms with Gasteiger partial charge in [0, 0.05) is 31.6 Å². The van der Waals surface area contributed by atoms with E-state index in [2.05, 4.69) is 65.7 Å². The summed E-state index contributed by atoms with van der Waals surface area (Å²) in [5, 5.41) is 3.25. The number of morpholine rings is 1. The standard InChI is InChI=1S/C23H28N2O2/c1-17-6-2-3-9-20(17)15-25-10-11-27-16-22(25)14-23(26)24-21-12-18-7-4-5-8-19(18)13-21/h2-9,21-22H,10-16H2,1H3,(H,24,26)/t22-/m1/s1. The van der Waals surface area contributed by atoms with Crippen molar-refractivity contribution in [2.45, 2.75) is 44.8 Å². The van der Waals surface area contributed by atoms with Crippen molar-refractivity contribution in [3.8, 4) is 0 Å². The zero-order valence-electron chi connectivity index (χ0n) is 16.0. The fourth-order valence-corrected chi connectivity index (χ4v) is 4.25. The van der Waals surface area contributed by atoms with Crippen LogP contribution in [0.25, 0.3) is 0 Å². The molecule has 4 rings (SSSR count). The fraction of sp³-hybridized carbons (Fsp3) is 0.435. The molecule has 27 heavy (non-hydrogen) atoms. The van der Waals surface area contributed by atoms with E-state index in [0.29, 0.717) is 13.0 Å². The zero-order valence-corrected chi connectivity index (χ0v) is 16.0. The van der Waals surface area contributed by atoms with Gasteiger partial charge in [0.2, 0.25) is 5.91 Å². The van der Waals surface area contributed by atoms with Crippen LogP contribution >= 0.6 is 0 Å². The maximum atomic E-state index is 12.7. The van der Waals surface area contributed by atoms with Gasteiger partial charge in [-0.3, -0.25) is 9.69 Å². The van der Waals surface area contributed by atoms with Gasteiger partial charge in [0.1, 0.15) is 0 Å². The van der Waals surface area contributed by atoms with Crippen LogP contribution in [-0.2, 0) is 28.9 Å². The van der Waals surface area contributed by atoms with Gasteiger partial charge in [-0.1, -0.05) is 48.5 Å². The topological polar surface area (TPSA) is 41.6 Å². The number of fused-ring (bicyclic) bond motifs is 1. The van der Waals surface area contributed by atoms with Gasteiger partial charge >= 0.3 is 0 Å². The number of carbonyl (C=O) groups is 1. The Kier molecular flexibility index (Phi) is 5.55. The summed E-state index contributed by atoms with van der Waals surface area (Å²) in [6, 6.07) is 17.3. The van der Waals surface area contributed by atoms with Crippen molar-refractivity contribution in [3.63, 3.8) is 0 Å². The number of nitrogens with zero attached hydrogens (tertiary/aromatic N) is 1. The van der Waals surface area contributed by atoms with Gasteiger partial charge in [-0.15, -0.1) is 0 Å². The number of carbonyl (C=O) groups excluding carboxylic acids is 1. The molecule has 1 N–H and O–H groups in total. The predicted molar refractivity (Wildman–Crippen MR) is 107 cm³/mol. The molecule has 1 aliphatic heterocycles. The van der Waals surface area contributed by atoms with E-state index in [1.165, 1.54) is 22.3 Å². The Balaban J connectivity index is 1.34. The molecule has 0 bridgehead atoms. The second-order valence-corrected chi connectivity index (χ2v) is 7.77. The monoisotopic (exact) mass is 364 g/mol. The van der Waals surface area contributed by atoms with E-state index in [0.717, 1.165) is 32.5 Å². The number of hydrogen-bond donors (Lipinski definition) is 1. The van der Waals surface area contributed by atoms with Gasteiger partial charge in [-0.05, 0) is 42.0 Å². The van der Waals surface area contributed by atoms with Crippen molar-refractivity contribution in [2.24, 2.45) is 0 Å². The lowest BCUT2D eigenvalue weighted by atomic mass is 10.1. The third-order valence-corrected chi connectivity index (χ3v) is 5.82. The Hall–Kier alpha value is -2.17. The van der Waals surface area contributed by atoms with E-state index in [1.54, 1.807) is 0 Å². The van der Waals surface area contributed by atoms with Crippen molar-refractivity contribution in [1.82, 2.24) is 10.2 Å². The number of nitrogens with one attached hydrogen (secondary N) is 1. The maximum absolute atomic E-state index is 12.7. The molecule has 2 aromatic rings. The predicted octanol–water partition coefficient (Wildman–Crippen LogP) is 2.87. The molecule has 1 amide bonds. The van der Waals surface area contributed by atoms with Crippen LogP contribution in [0.1, 0.15) is 28.7 Å². The molecule has 0 spiro atoms. The van der Waals surface area contributed by atoms with Crippen LogP contribution in [0, 0.1) is 6.92 Å². The molecule has 1 aliphatic carbocycles. The molecule has 1 heterocycles. The van der Waals surface area contributed by atoms with Crippen LogP contribution in [0.15, 0.2) is 48.5 Å². The largest absolute Gasteiger partial charge is 0.378 e. The number of amides is 1. The molecule has 0 radical (unpaired) electrons. The highest BCUT2D eigenvalue weighted by atomic mass is 16.5. The molecule has 1 fully saturated rings. The molecular weight excluding hydrogens is 336 g/mol. The highest BCUT2D eigenvalue weighted by Gasteiger charge is 2.28. The summed E-state index contributed by atoms with van der Waals surface area (Å²) in [7, 11) is 0. The van der Waals surface area contributed by atoms with Crippen LogP contribution < -0.4 is 5.32 Å². The quantitative estimate of drug-likeness (QED) is 0.887. The summed E-state index contributed by atoms with van der Waals surface area (Å²) in [5.41, 5.74) is 5.36. The van der Waals surface area contributed by atoms with Gasteiger partial charge in [0.05, 0.1) is 13.2 Å². The minimum atomic E-state index is 0.137. The van der Waals surface area contributed by atoms with Gasteiger partial charge in [0.25, 0.3) is 0 Å². The van der Waals surface area contributed by atoms with Crippen LogP contribution in [-0.4, -0.2) is 42.6 Å². The first-order valence-electron chi connectivity index (χ1n) is 9.91. The molecule has 2 aromatic carbocycles. The highest BCUT2D eigenvalue weighted by molar-refractivity contribution is 5.77. The molecule has 4 nitrogen and oxygen atoms in total. The van der Waals surface area contributed by atoms with Crippen molar-refractivity contribution < 1.29 is 9.53 Å². The van der Waals surface area contributed by atoms with Gasteiger partial charge in [-0.25, -0.2) is 0 Å². The maximum Gasteiger partial charge on any atom is 0.221 e. The summed E-state index contributed by atoms with van der Waals surface area (Å²) < 4.78 is 5.68.